The Morgan fingerprint density at radius 2 is 2.12 bits per heavy atom. The van der Waals surface area contributed by atoms with Crippen molar-refractivity contribution in [3.8, 4) is 5.75 Å². The monoisotopic (exact) mass is 250 g/mol. The van der Waals surface area contributed by atoms with Crippen LogP contribution in [0.3, 0.4) is 0 Å². The van der Waals surface area contributed by atoms with Gasteiger partial charge in [-0.05, 0) is 12.1 Å². The highest BCUT2D eigenvalue weighted by molar-refractivity contribution is 6.16. The summed E-state index contributed by atoms with van der Waals surface area (Å²) in [6.45, 7) is 0. The van der Waals surface area contributed by atoms with Crippen LogP contribution >= 0.6 is 11.6 Å². The van der Waals surface area contributed by atoms with Gasteiger partial charge in [-0.2, -0.15) is 0 Å². The molecule has 0 bridgehead atoms. The first-order valence-electron chi connectivity index (χ1n) is 5.03. The van der Waals surface area contributed by atoms with E-state index in [1.54, 1.807) is 13.2 Å². The Hall–Kier alpha value is -1.81. The molecular formula is C12H11ClN2O2. The minimum Gasteiger partial charge on any atom is -0.496 e. The van der Waals surface area contributed by atoms with Gasteiger partial charge in [-0.15, -0.1) is 21.8 Å². The normalized spacial score (nSPS) is 10.9. The molecule has 2 rings (SSSR count). The number of hydrogen-bond donors (Lipinski definition) is 0. The van der Waals surface area contributed by atoms with Crippen molar-refractivity contribution in [2.45, 2.75) is 5.88 Å². The molecule has 0 amide bonds. The standard InChI is InChI=1S/C12H11ClN2O2/c1-16-10-5-3-2-4-9(10)6-7-11-14-15-12(8-13)17-11/h2-7H,8H2,1H3/b7-6+. The molecule has 4 nitrogen and oxygen atoms in total. The van der Waals surface area contributed by atoms with Crippen molar-refractivity contribution in [3.63, 3.8) is 0 Å². The summed E-state index contributed by atoms with van der Waals surface area (Å²) in [6, 6.07) is 7.67. The van der Waals surface area contributed by atoms with E-state index < -0.39 is 0 Å². The van der Waals surface area contributed by atoms with E-state index in [4.69, 9.17) is 20.8 Å². The minimum atomic E-state index is 0.218. The summed E-state index contributed by atoms with van der Waals surface area (Å²) in [4.78, 5) is 0. The van der Waals surface area contributed by atoms with Gasteiger partial charge in [0, 0.05) is 11.6 Å². The highest BCUT2D eigenvalue weighted by Gasteiger charge is 2.02. The van der Waals surface area contributed by atoms with Crippen molar-refractivity contribution in [3.05, 3.63) is 41.6 Å². The second kappa shape index (κ2) is 5.50. The molecule has 0 saturated heterocycles. The van der Waals surface area contributed by atoms with Crippen LogP contribution in [0, 0.1) is 0 Å². The molecule has 1 aromatic heterocycles. The maximum Gasteiger partial charge on any atom is 0.240 e. The lowest BCUT2D eigenvalue weighted by Crippen LogP contribution is -1.85. The fourth-order valence-corrected chi connectivity index (χ4v) is 1.46. The molecule has 0 aliphatic carbocycles. The zero-order valence-corrected chi connectivity index (χ0v) is 10.0. The molecule has 0 saturated carbocycles. The van der Waals surface area contributed by atoms with Gasteiger partial charge in [0.15, 0.2) is 0 Å². The van der Waals surface area contributed by atoms with Crippen molar-refractivity contribution >= 4 is 23.8 Å². The molecule has 0 aliphatic rings. The highest BCUT2D eigenvalue weighted by atomic mass is 35.5. The smallest absolute Gasteiger partial charge is 0.240 e. The summed E-state index contributed by atoms with van der Waals surface area (Å²) >= 11 is 5.56. The van der Waals surface area contributed by atoms with Gasteiger partial charge in [0.25, 0.3) is 0 Å². The van der Waals surface area contributed by atoms with Gasteiger partial charge >= 0.3 is 0 Å². The van der Waals surface area contributed by atoms with Gasteiger partial charge in [0.05, 0.1) is 7.11 Å². The van der Waals surface area contributed by atoms with Crippen molar-refractivity contribution in [1.82, 2.24) is 10.2 Å². The summed E-state index contributed by atoms with van der Waals surface area (Å²) in [5.74, 6) is 1.84. The summed E-state index contributed by atoms with van der Waals surface area (Å²) in [7, 11) is 1.63. The second-order valence-electron chi connectivity index (χ2n) is 3.24. The number of nitrogens with zero attached hydrogens (tertiary/aromatic N) is 2. The number of halogens is 1. The number of hydrogen-bond acceptors (Lipinski definition) is 4. The van der Waals surface area contributed by atoms with E-state index >= 15 is 0 Å². The van der Waals surface area contributed by atoms with E-state index in [0.717, 1.165) is 11.3 Å². The predicted octanol–water partition coefficient (Wildman–Crippen LogP) is 2.99. The third-order valence-corrected chi connectivity index (χ3v) is 2.37. The Labute approximate surface area is 104 Å². The maximum atomic E-state index is 5.56. The average molecular weight is 251 g/mol. The molecule has 0 fully saturated rings. The largest absolute Gasteiger partial charge is 0.496 e. The third-order valence-electron chi connectivity index (χ3n) is 2.14. The van der Waals surface area contributed by atoms with Crippen LogP contribution in [0.5, 0.6) is 5.75 Å². The van der Waals surface area contributed by atoms with Gasteiger partial charge in [0.1, 0.15) is 11.6 Å². The molecule has 0 N–H and O–H groups in total. The van der Waals surface area contributed by atoms with Gasteiger partial charge in [-0.3, -0.25) is 0 Å². The summed E-state index contributed by atoms with van der Waals surface area (Å²) < 4.78 is 10.5. The average Bonchev–Trinajstić information content (AvgIpc) is 2.84. The highest BCUT2D eigenvalue weighted by Crippen LogP contribution is 2.19. The first-order valence-corrected chi connectivity index (χ1v) is 5.56. The lowest BCUT2D eigenvalue weighted by Gasteiger charge is -2.02. The topological polar surface area (TPSA) is 48.2 Å². The number of ether oxygens (including phenoxy) is 1. The van der Waals surface area contributed by atoms with E-state index in [0.29, 0.717) is 11.8 Å². The Balaban J connectivity index is 2.19. The lowest BCUT2D eigenvalue weighted by atomic mass is 10.2. The van der Waals surface area contributed by atoms with E-state index in [2.05, 4.69) is 10.2 Å². The van der Waals surface area contributed by atoms with Gasteiger partial charge in [-0.25, -0.2) is 0 Å². The van der Waals surface area contributed by atoms with Gasteiger partial charge in [0.2, 0.25) is 11.8 Å². The van der Waals surface area contributed by atoms with Crippen molar-refractivity contribution in [2.24, 2.45) is 0 Å². The molecule has 2 aromatic rings. The van der Waals surface area contributed by atoms with Crippen LogP contribution in [-0.2, 0) is 5.88 Å². The molecule has 0 aliphatic heterocycles. The van der Waals surface area contributed by atoms with E-state index in [1.165, 1.54) is 0 Å². The van der Waals surface area contributed by atoms with Gasteiger partial charge < -0.3 is 9.15 Å². The van der Waals surface area contributed by atoms with Crippen molar-refractivity contribution in [1.29, 1.82) is 0 Å². The number of aromatic nitrogens is 2. The molecule has 0 radical (unpaired) electrons. The molecule has 0 unspecified atom stereocenters. The Morgan fingerprint density at radius 1 is 1.29 bits per heavy atom. The first kappa shape index (κ1) is 11.7. The Kier molecular flexibility index (Phi) is 3.77. The maximum absolute atomic E-state index is 5.56. The third kappa shape index (κ3) is 2.85. The molecule has 0 spiro atoms. The quantitative estimate of drug-likeness (QED) is 0.783. The Morgan fingerprint density at radius 3 is 2.82 bits per heavy atom. The van der Waals surface area contributed by atoms with Crippen LogP contribution in [0.4, 0.5) is 0 Å². The molecule has 88 valence electrons. The predicted molar refractivity (Wildman–Crippen MR) is 65.8 cm³/mol. The van der Waals surface area contributed by atoms with E-state index in [-0.39, 0.29) is 5.88 Å². The van der Waals surface area contributed by atoms with E-state index in [1.807, 2.05) is 30.3 Å². The number of methoxy groups -OCH3 is 1. The van der Waals surface area contributed by atoms with Crippen LogP contribution < -0.4 is 4.74 Å². The Bertz CT molecular complexity index is 523. The molecule has 5 heteroatoms. The summed E-state index contributed by atoms with van der Waals surface area (Å²) in [5.41, 5.74) is 0.945. The number of alkyl halides is 1. The van der Waals surface area contributed by atoms with Crippen LogP contribution in [0.1, 0.15) is 17.3 Å². The molecule has 1 heterocycles. The van der Waals surface area contributed by atoms with E-state index in [9.17, 15) is 0 Å². The number of rotatable bonds is 4. The van der Waals surface area contributed by atoms with Crippen LogP contribution in [0.2, 0.25) is 0 Å². The lowest BCUT2D eigenvalue weighted by molar-refractivity contribution is 0.414. The summed E-state index contributed by atoms with van der Waals surface area (Å²) in [5, 5.41) is 7.59. The molecule has 1 aromatic carbocycles. The van der Waals surface area contributed by atoms with Crippen LogP contribution in [0.25, 0.3) is 12.2 Å². The number of para-hydroxylation sites is 1. The van der Waals surface area contributed by atoms with Crippen molar-refractivity contribution < 1.29 is 9.15 Å². The molecule has 0 atom stereocenters. The molecular weight excluding hydrogens is 240 g/mol. The zero-order valence-electron chi connectivity index (χ0n) is 9.26. The molecule has 17 heavy (non-hydrogen) atoms. The first-order chi connectivity index (χ1) is 8.33. The number of benzene rings is 1. The summed E-state index contributed by atoms with van der Waals surface area (Å²) in [6.07, 6.45) is 3.57. The fraction of sp³-hybridized carbons (Fsp3) is 0.167. The zero-order chi connectivity index (χ0) is 12.1. The van der Waals surface area contributed by atoms with Crippen LogP contribution in [-0.4, -0.2) is 17.3 Å². The van der Waals surface area contributed by atoms with Crippen molar-refractivity contribution in [2.75, 3.05) is 7.11 Å². The minimum absolute atomic E-state index is 0.218. The SMILES string of the molecule is COc1ccccc1/C=C/c1nnc(CCl)o1. The van der Waals surface area contributed by atoms with Crippen LogP contribution in [0.15, 0.2) is 28.7 Å². The van der Waals surface area contributed by atoms with Gasteiger partial charge in [-0.1, -0.05) is 18.2 Å². The second-order valence-corrected chi connectivity index (χ2v) is 3.51. The fourth-order valence-electron chi connectivity index (χ4n) is 1.35.